The van der Waals surface area contributed by atoms with E-state index in [2.05, 4.69) is 15.3 Å². The number of aryl methyl sites for hydroxylation is 1. The van der Waals surface area contributed by atoms with Crippen LogP contribution in [0, 0.1) is 6.92 Å². The largest absolute Gasteiger partial charge is 0.481 e. The maximum Gasteiger partial charge on any atom is 0.312 e. The van der Waals surface area contributed by atoms with Gasteiger partial charge < -0.3 is 10.4 Å². The zero-order valence-corrected chi connectivity index (χ0v) is 10.6. The zero-order chi connectivity index (χ0) is 13.7. The number of carbonyl (C=O) groups is 1. The van der Waals surface area contributed by atoms with Gasteiger partial charge in [-0.25, -0.2) is 9.97 Å². The van der Waals surface area contributed by atoms with E-state index >= 15 is 0 Å². The number of aromatic nitrogens is 2. The SMILES string of the molecule is Cc1cc(NCC(C(=O)O)c2ccccc2)ncn1. The van der Waals surface area contributed by atoms with Gasteiger partial charge in [-0.1, -0.05) is 30.3 Å². The van der Waals surface area contributed by atoms with Crippen molar-refractivity contribution in [2.75, 3.05) is 11.9 Å². The lowest BCUT2D eigenvalue weighted by atomic mass is 9.99. The van der Waals surface area contributed by atoms with E-state index in [4.69, 9.17) is 0 Å². The summed E-state index contributed by atoms with van der Waals surface area (Å²) in [4.78, 5) is 19.4. The molecule has 0 fully saturated rings. The Balaban J connectivity index is 2.08. The van der Waals surface area contributed by atoms with Crippen LogP contribution in [0.4, 0.5) is 5.82 Å². The van der Waals surface area contributed by atoms with Gasteiger partial charge in [-0.15, -0.1) is 0 Å². The number of hydrogen-bond acceptors (Lipinski definition) is 4. The topological polar surface area (TPSA) is 75.1 Å². The third-order valence-corrected chi connectivity index (χ3v) is 2.79. The van der Waals surface area contributed by atoms with Gasteiger partial charge in [0.15, 0.2) is 0 Å². The Labute approximate surface area is 111 Å². The van der Waals surface area contributed by atoms with Crippen molar-refractivity contribution in [2.24, 2.45) is 0 Å². The highest BCUT2D eigenvalue weighted by molar-refractivity contribution is 5.76. The minimum Gasteiger partial charge on any atom is -0.481 e. The average molecular weight is 257 g/mol. The number of carboxylic acids is 1. The minimum atomic E-state index is -0.857. The lowest BCUT2D eigenvalue weighted by Crippen LogP contribution is -2.21. The van der Waals surface area contributed by atoms with Crippen molar-refractivity contribution >= 4 is 11.8 Å². The molecule has 98 valence electrons. The molecule has 2 rings (SSSR count). The van der Waals surface area contributed by atoms with E-state index in [1.54, 1.807) is 6.07 Å². The van der Waals surface area contributed by atoms with Gasteiger partial charge in [0, 0.05) is 18.3 Å². The summed E-state index contributed by atoms with van der Waals surface area (Å²) < 4.78 is 0. The molecule has 1 aromatic heterocycles. The van der Waals surface area contributed by atoms with Crippen molar-refractivity contribution in [3.05, 3.63) is 54.0 Å². The molecule has 2 aromatic rings. The zero-order valence-electron chi connectivity index (χ0n) is 10.6. The summed E-state index contributed by atoms with van der Waals surface area (Å²) in [6.45, 7) is 2.15. The van der Waals surface area contributed by atoms with Crippen LogP contribution in [0.3, 0.4) is 0 Å². The molecule has 0 aliphatic carbocycles. The maximum atomic E-state index is 11.3. The van der Waals surface area contributed by atoms with E-state index in [0.29, 0.717) is 5.82 Å². The van der Waals surface area contributed by atoms with Crippen LogP contribution in [0.2, 0.25) is 0 Å². The minimum absolute atomic E-state index is 0.287. The molecule has 0 aliphatic heterocycles. The number of hydrogen-bond donors (Lipinski definition) is 2. The quantitative estimate of drug-likeness (QED) is 0.857. The van der Waals surface area contributed by atoms with Crippen LogP contribution in [0.25, 0.3) is 0 Å². The highest BCUT2D eigenvalue weighted by Crippen LogP contribution is 2.16. The van der Waals surface area contributed by atoms with Gasteiger partial charge in [0.05, 0.1) is 5.92 Å². The Morgan fingerprint density at radius 3 is 2.68 bits per heavy atom. The molecule has 2 N–H and O–H groups in total. The number of anilines is 1. The van der Waals surface area contributed by atoms with E-state index in [1.165, 1.54) is 6.33 Å². The number of nitrogens with one attached hydrogen (secondary N) is 1. The fourth-order valence-corrected chi connectivity index (χ4v) is 1.79. The van der Waals surface area contributed by atoms with Crippen LogP contribution < -0.4 is 5.32 Å². The van der Waals surface area contributed by atoms with Gasteiger partial charge in [0.2, 0.25) is 0 Å². The van der Waals surface area contributed by atoms with Gasteiger partial charge in [0.1, 0.15) is 12.1 Å². The molecule has 0 bridgehead atoms. The number of carboxylic acid groups (broad SMARTS) is 1. The summed E-state index contributed by atoms with van der Waals surface area (Å²) >= 11 is 0. The molecule has 0 spiro atoms. The van der Waals surface area contributed by atoms with Gasteiger partial charge >= 0.3 is 5.97 Å². The van der Waals surface area contributed by atoms with Crippen molar-refractivity contribution in [1.82, 2.24) is 9.97 Å². The molecule has 1 unspecified atom stereocenters. The van der Waals surface area contributed by atoms with E-state index < -0.39 is 11.9 Å². The molecule has 0 saturated carbocycles. The first-order valence-corrected chi connectivity index (χ1v) is 5.97. The van der Waals surface area contributed by atoms with Gasteiger partial charge in [0.25, 0.3) is 0 Å². The van der Waals surface area contributed by atoms with Gasteiger partial charge in [-0.2, -0.15) is 0 Å². The highest BCUT2D eigenvalue weighted by Gasteiger charge is 2.19. The highest BCUT2D eigenvalue weighted by atomic mass is 16.4. The first-order valence-electron chi connectivity index (χ1n) is 5.97. The predicted octanol–water partition coefficient (Wildman–Crippen LogP) is 2.07. The molecule has 0 amide bonds. The van der Waals surface area contributed by atoms with Crippen LogP contribution in [0.5, 0.6) is 0 Å². The molecule has 0 saturated heterocycles. The number of nitrogens with zero attached hydrogens (tertiary/aromatic N) is 2. The van der Waals surface area contributed by atoms with Crippen molar-refractivity contribution in [1.29, 1.82) is 0 Å². The van der Waals surface area contributed by atoms with Gasteiger partial charge in [-0.05, 0) is 12.5 Å². The smallest absolute Gasteiger partial charge is 0.312 e. The van der Waals surface area contributed by atoms with Crippen LogP contribution in [0.15, 0.2) is 42.7 Å². The molecule has 1 atom stereocenters. The maximum absolute atomic E-state index is 11.3. The van der Waals surface area contributed by atoms with E-state index in [1.807, 2.05) is 37.3 Å². The lowest BCUT2D eigenvalue weighted by molar-refractivity contribution is -0.138. The Morgan fingerprint density at radius 1 is 1.32 bits per heavy atom. The first-order chi connectivity index (χ1) is 9.16. The first kappa shape index (κ1) is 13.0. The second-order valence-corrected chi connectivity index (χ2v) is 4.23. The summed E-state index contributed by atoms with van der Waals surface area (Å²) in [5.74, 6) is -0.823. The fourth-order valence-electron chi connectivity index (χ4n) is 1.79. The Kier molecular flexibility index (Phi) is 4.07. The Morgan fingerprint density at radius 2 is 2.05 bits per heavy atom. The van der Waals surface area contributed by atoms with Crippen LogP contribution in [-0.2, 0) is 4.79 Å². The molecule has 5 nitrogen and oxygen atoms in total. The fraction of sp³-hybridized carbons (Fsp3) is 0.214. The lowest BCUT2D eigenvalue weighted by Gasteiger charge is -2.14. The van der Waals surface area contributed by atoms with Crippen molar-refractivity contribution in [2.45, 2.75) is 12.8 Å². The average Bonchev–Trinajstić information content (AvgIpc) is 2.40. The van der Waals surface area contributed by atoms with Crippen LogP contribution >= 0.6 is 0 Å². The predicted molar refractivity (Wildman–Crippen MR) is 72.1 cm³/mol. The third-order valence-electron chi connectivity index (χ3n) is 2.79. The van der Waals surface area contributed by atoms with Crippen LogP contribution in [0.1, 0.15) is 17.2 Å². The summed E-state index contributed by atoms with van der Waals surface area (Å²) in [6, 6.07) is 10.9. The molecular formula is C14H15N3O2. The summed E-state index contributed by atoms with van der Waals surface area (Å²) in [5.41, 5.74) is 1.61. The number of rotatable bonds is 5. The van der Waals surface area contributed by atoms with Crippen molar-refractivity contribution in [3.63, 3.8) is 0 Å². The number of aliphatic carboxylic acids is 1. The van der Waals surface area contributed by atoms with E-state index in [9.17, 15) is 9.90 Å². The molecule has 5 heteroatoms. The molecular weight excluding hydrogens is 242 g/mol. The summed E-state index contributed by atoms with van der Waals surface area (Å²) in [7, 11) is 0. The van der Waals surface area contributed by atoms with E-state index in [-0.39, 0.29) is 6.54 Å². The molecule has 0 radical (unpaired) electrons. The molecule has 1 heterocycles. The summed E-state index contributed by atoms with van der Waals surface area (Å²) in [5, 5.41) is 12.3. The second-order valence-electron chi connectivity index (χ2n) is 4.23. The third kappa shape index (κ3) is 3.51. The standard InChI is InChI=1S/C14H15N3O2/c1-10-7-13(17-9-16-10)15-8-12(14(18)19)11-5-3-2-4-6-11/h2-7,9,12H,8H2,1H3,(H,18,19)(H,15,16,17). The van der Waals surface area contributed by atoms with Crippen LogP contribution in [-0.4, -0.2) is 27.6 Å². The van der Waals surface area contributed by atoms with Crippen molar-refractivity contribution < 1.29 is 9.90 Å². The van der Waals surface area contributed by atoms with Gasteiger partial charge in [-0.3, -0.25) is 4.79 Å². The Bertz CT molecular complexity index is 558. The van der Waals surface area contributed by atoms with E-state index in [0.717, 1.165) is 11.3 Å². The number of benzene rings is 1. The molecule has 0 aliphatic rings. The Hall–Kier alpha value is -2.43. The monoisotopic (exact) mass is 257 g/mol. The summed E-state index contributed by atoms with van der Waals surface area (Å²) in [6.07, 6.45) is 1.45. The van der Waals surface area contributed by atoms with Crippen molar-refractivity contribution in [3.8, 4) is 0 Å². The molecule has 19 heavy (non-hydrogen) atoms. The second kappa shape index (κ2) is 5.95. The molecule has 1 aromatic carbocycles. The normalized spacial score (nSPS) is 11.8.